The topological polar surface area (TPSA) is 81.5 Å². The molecule has 0 aromatic heterocycles. The monoisotopic (exact) mass is 307 g/mol. The van der Waals surface area contributed by atoms with Crippen LogP contribution >= 0.6 is 0 Å². The molecule has 1 saturated heterocycles. The average molecular weight is 307 g/mol. The van der Waals surface area contributed by atoms with Crippen LogP contribution in [-0.2, 0) is 14.8 Å². The van der Waals surface area contributed by atoms with E-state index in [1.807, 2.05) is 6.07 Å². The van der Waals surface area contributed by atoms with Crippen molar-refractivity contribution in [2.24, 2.45) is 0 Å². The van der Waals surface area contributed by atoms with Gasteiger partial charge in [-0.3, -0.25) is 4.79 Å². The molecule has 0 spiro atoms. The van der Waals surface area contributed by atoms with Crippen LogP contribution in [0.15, 0.2) is 23.1 Å². The SMILES string of the molecule is CC(=O)N1CCN(S(=O)(=O)c2cc(C#N)ccc2C)CC1. The highest BCUT2D eigenvalue weighted by Crippen LogP contribution is 2.22. The van der Waals surface area contributed by atoms with E-state index >= 15 is 0 Å². The third-order valence-electron chi connectivity index (χ3n) is 3.62. The summed E-state index contributed by atoms with van der Waals surface area (Å²) in [7, 11) is -3.63. The smallest absolute Gasteiger partial charge is 0.243 e. The van der Waals surface area contributed by atoms with Gasteiger partial charge in [0.05, 0.1) is 16.5 Å². The molecule has 1 heterocycles. The molecule has 1 fully saturated rings. The highest BCUT2D eigenvalue weighted by molar-refractivity contribution is 7.89. The third-order valence-corrected chi connectivity index (χ3v) is 5.66. The Labute approximate surface area is 124 Å². The fourth-order valence-electron chi connectivity index (χ4n) is 2.33. The van der Waals surface area contributed by atoms with E-state index in [4.69, 9.17) is 5.26 Å². The second kappa shape index (κ2) is 5.84. The van der Waals surface area contributed by atoms with Crippen LogP contribution in [0.1, 0.15) is 18.1 Å². The predicted octanol–water partition coefficient (Wildman–Crippen LogP) is 0.720. The molecule has 1 aromatic carbocycles. The molecule has 0 unspecified atom stereocenters. The van der Waals surface area contributed by atoms with Gasteiger partial charge < -0.3 is 4.90 Å². The second-order valence-electron chi connectivity index (χ2n) is 5.00. The molecule has 6 nitrogen and oxygen atoms in total. The molecule has 112 valence electrons. The van der Waals surface area contributed by atoms with Crippen LogP contribution in [0.2, 0.25) is 0 Å². The van der Waals surface area contributed by atoms with E-state index in [9.17, 15) is 13.2 Å². The van der Waals surface area contributed by atoms with Gasteiger partial charge in [0, 0.05) is 33.1 Å². The lowest BCUT2D eigenvalue weighted by Crippen LogP contribution is -2.50. The molecule has 21 heavy (non-hydrogen) atoms. The van der Waals surface area contributed by atoms with E-state index in [-0.39, 0.29) is 23.9 Å². The molecule has 1 aliphatic heterocycles. The Kier molecular flexibility index (Phi) is 4.30. The largest absolute Gasteiger partial charge is 0.340 e. The Bertz CT molecular complexity index is 699. The van der Waals surface area contributed by atoms with Crippen molar-refractivity contribution in [3.05, 3.63) is 29.3 Å². The van der Waals surface area contributed by atoms with Crippen molar-refractivity contribution in [3.63, 3.8) is 0 Å². The van der Waals surface area contributed by atoms with E-state index in [2.05, 4.69) is 0 Å². The van der Waals surface area contributed by atoms with Gasteiger partial charge in [0.1, 0.15) is 0 Å². The molecule has 0 radical (unpaired) electrons. The first-order valence-electron chi connectivity index (χ1n) is 6.62. The minimum absolute atomic E-state index is 0.0466. The molecule has 1 aliphatic rings. The van der Waals surface area contributed by atoms with Gasteiger partial charge >= 0.3 is 0 Å². The van der Waals surface area contributed by atoms with Crippen LogP contribution in [0, 0.1) is 18.3 Å². The number of carbonyl (C=O) groups excluding carboxylic acids is 1. The van der Waals surface area contributed by atoms with Gasteiger partial charge in [-0.1, -0.05) is 6.07 Å². The summed E-state index contributed by atoms with van der Waals surface area (Å²) in [5, 5.41) is 8.92. The van der Waals surface area contributed by atoms with Crippen molar-refractivity contribution in [2.45, 2.75) is 18.7 Å². The molecule has 0 aliphatic carbocycles. The Morgan fingerprint density at radius 2 is 1.86 bits per heavy atom. The Morgan fingerprint density at radius 1 is 1.24 bits per heavy atom. The van der Waals surface area contributed by atoms with Gasteiger partial charge in [-0.15, -0.1) is 0 Å². The quantitative estimate of drug-likeness (QED) is 0.806. The lowest BCUT2D eigenvalue weighted by Gasteiger charge is -2.33. The average Bonchev–Trinajstić information content (AvgIpc) is 2.47. The van der Waals surface area contributed by atoms with Crippen LogP contribution in [0.5, 0.6) is 0 Å². The highest BCUT2D eigenvalue weighted by Gasteiger charge is 2.30. The van der Waals surface area contributed by atoms with Crippen molar-refractivity contribution >= 4 is 15.9 Å². The molecule has 1 aromatic rings. The molecular formula is C14H17N3O3S. The van der Waals surface area contributed by atoms with Gasteiger partial charge in [0.15, 0.2) is 0 Å². The molecule has 0 saturated carbocycles. The van der Waals surface area contributed by atoms with E-state index in [0.717, 1.165) is 0 Å². The normalized spacial score (nSPS) is 16.5. The maximum atomic E-state index is 12.7. The molecule has 0 atom stereocenters. The first-order valence-corrected chi connectivity index (χ1v) is 8.06. The van der Waals surface area contributed by atoms with Crippen LogP contribution in [-0.4, -0.2) is 49.7 Å². The summed E-state index contributed by atoms with van der Waals surface area (Å²) in [6, 6.07) is 6.60. The first-order chi connectivity index (χ1) is 9.86. The van der Waals surface area contributed by atoms with Gasteiger partial charge in [0.25, 0.3) is 0 Å². The maximum absolute atomic E-state index is 12.7. The Hall–Kier alpha value is -1.91. The van der Waals surface area contributed by atoms with Crippen LogP contribution in [0.25, 0.3) is 0 Å². The van der Waals surface area contributed by atoms with Crippen LogP contribution in [0.3, 0.4) is 0 Å². The minimum atomic E-state index is -3.63. The highest BCUT2D eigenvalue weighted by atomic mass is 32.2. The van der Waals surface area contributed by atoms with Crippen molar-refractivity contribution in [1.29, 1.82) is 5.26 Å². The number of piperazine rings is 1. The molecular weight excluding hydrogens is 290 g/mol. The van der Waals surface area contributed by atoms with Crippen LogP contribution in [0.4, 0.5) is 0 Å². The minimum Gasteiger partial charge on any atom is -0.340 e. The number of nitrogens with zero attached hydrogens (tertiary/aromatic N) is 3. The zero-order chi connectivity index (χ0) is 15.6. The Morgan fingerprint density at radius 3 is 2.38 bits per heavy atom. The first kappa shape index (κ1) is 15.5. The van der Waals surface area contributed by atoms with Crippen molar-refractivity contribution < 1.29 is 13.2 Å². The molecule has 7 heteroatoms. The lowest BCUT2D eigenvalue weighted by atomic mass is 10.2. The summed E-state index contributed by atoms with van der Waals surface area (Å²) in [5.74, 6) is -0.0466. The van der Waals surface area contributed by atoms with Gasteiger partial charge in [0.2, 0.25) is 15.9 Å². The van der Waals surface area contributed by atoms with Crippen molar-refractivity contribution in [3.8, 4) is 6.07 Å². The molecule has 1 amide bonds. The van der Waals surface area contributed by atoms with Gasteiger partial charge in [-0.05, 0) is 24.6 Å². The molecule has 0 N–H and O–H groups in total. The van der Waals surface area contributed by atoms with E-state index in [0.29, 0.717) is 24.2 Å². The maximum Gasteiger partial charge on any atom is 0.243 e. The van der Waals surface area contributed by atoms with Crippen LogP contribution < -0.4 is 0 Å². The zero-order valence-corrected chi connectivity index (χ0v) is 12.9. The number of carbonyl (C=O) groups is 1. The molecule has 0 bridgehead atoms. The number of aryl methyl sites for hydroxylation is 1. The summed E-state index contributed by atoms with van der Waals surface area (Å²) in [6.45, 7) is 4.53. The number of benzene rings is 1. The van der Waals surface area contributed by atoms with E-state index in [1.165, 1.54) is 17.3 Å². The number of hydrogen-bond acceptors (Lipinski definition) is 4. The number of hydrogen-bond donors (Lipinski definition) is 0. The second-order valence-corrected chi connectivity index (χ2v) is 6.91. The lowest BCUT2D eigenvalue weighted by molar-refractivity contribution is -0.129. The van der Waals surface area contributed by atoms with Crippen molar-refractivity contribution in [1.82, 2.24) is 9.21 Å². The summed E-state index contributed by atoms with van der Waals surface area (Å²) in [4.78, 5) is 13.1. The fourth-order valence-corrected chi connectivity index (χ4v) is 4.00. The van der Waals surface area contributed by atoms with E-state index in [1.54, 1.807) is 24.0 Å². The number of sulfonamides is 1. The predicted molar refractivity (Wildman–Crippen MR) is 76.9 cm³/mol. The Balaban J connectivity index is 2.28. The van der Waals surface area contributed by atoms with Crippen molar-refractivity contribution in [2.75, 3.05) is 26.2 Å². The van der Waals surface area contributed by atoms with E-state index < -0.39 is 10.0 Å². The number of rotatable bonds is 2. The summed E-state index contributed by atoms with van der Waals surface area (Å²) >= 11 is 0. The van der Waals surface area contributed by atoms with Gasteiger partial charge in [-0.25, -0.2) is 8.42 Å². The van der Waals surface area contributed by atoms with Gasteiger partial charge in [-0.2, -0.15) is 9.57 Å². The zero-order valence-electron chi connectivity index (χ0n) is 12.0. The third kappa shape index (κ3) is 3.06. The standard InChI is InChI=1S/C14H17N3O3S/c1-11-3-4-13(10-15)9-14(11)21(19,20)17-7-5-16(6-8-17)12(2)18/h3-4,9H,5-8H2,1-2H3. The fraction of sp³-hybridized carbons (Fsp3) is 0.429. The number of nitriles is 1. The molecule has 2 rings (SSSR count). The number of amides is 1. The summed E-state index contributed by atoms with van der Waals surface area (Å²) in [5.41, 5.74) is 0.935. The summed E-state index contributed by atoms with van der Waals surface area (Å²) < 4.78 is 26.7. The summed E-state index contributed by atoms with van der Waals surface area (Å²) in [6.07, 6.45) is 0.